The van der Waals surface area contributed by atoms with Gasteiger partial charge in [-0.15, -0.1) is 0 Å². The summed E-state index contributed by atoms with van der Waals surface area (Å²) >= 11 is 7.53. The molecule has 0 aliphatic heterocycles. The average Bonchev–Trinajstić information content (AvgIpc) is 3.39. The fraction of sp³-hybridized carbons (Fsp3) is 0.333. The molecule has 30 heavy (non-hydrogen) atoms. The molecule has 1 aliphatic carbocycles. The fourth-order valence-electron chi connectivity index (χ4n) is 3.85. The van der Waals surface area contributed by atoms with Crippen LogP contribution in [0.15, 0.2) is 53.8 Å². The maximum absolute atomic E-state index is 12.5. The summed E-state index contributed by atoms with van der Waals surface area (Å²) in [7, 11) is 0. The number of carbonyl (C=O) groups is 1. The van der Waals surface area contributed by atoms with Crippen molar-refractivity contribution in [3.05, 3.63) is 64.8 Å². The Morgan fingerprint density at radius 1 is 1.17 bits per heavy atom. The Balaban J connectivity index is 1.62. The number of carbonyl (C=O) groups excluding carboxylic acids is 1. The number of nitrogens with zero attached hydrogens (tertiary/aromatic N) is 2. The first-order valence-corrected chi connectivity index (χ1v) is 11.7. The first kappa shape index (κ1) is 21.0. The van der Waals surface area contributed by atoms with Crippen LogP contribution in [0.2, 0.25) is 5.02 Å². The summed E-state index contributed by atoms with van der Waals surface area (Å²) in [5, 5.41) is 4.68. The number of aromatic nitrogens is 2. The van der Waals surface area contributed by atoms with Crippen molar-refractivity contribution in [3.8, 4) is 16.9 Å². The molecule has 0 atom stereocenters. The van der Waals surface area contributed by atoms with Crippen LogP contribution in [-0.4, -0.2) is 27.3 Å². The highest BCUT2D eigenvalue weighted by atomic mass is 35.5. The molecule has 4 nitrogen and oxygen atoms in total. The molecule has 0 unspecified atom stereocenters. The Bertz CT molecular complexity index is 1040. The minimum Gasteiger partial charge on any atom is -0.353 e. The zero-order valence-corrected chi connectivity index (χ0v) is 18.9. The summed E-state index contributed by atoms with van der Waals surface area (Å²) in [4.78, 5) is 17.3. The van der Waals surface area contributed by atoms with Crippen LogP contribution in [0.3, 0.4) is 0 Å². The molecule has 156 valence electrons. The number of amides is 1. The minimum atomic E-state index is 0.0791. The third kappa shape index (κ3) is 4.90. The van der Waals surface area contributed by atoms with Crippen molar-refractivity contribution in [3.63, 3.8) is 0 Å². The van der Waals surface area contributed by atoms with Crippen molar-refractivity contribution in [2.75, 3.05) is 5.75 Å². The molecule has 1 heterocycles. The van der Waals surface area contributed by atoms with E-state index in [1.54, 1.807) is 0 Å². The van der Waals surface area contributed by atoms with Gasteiger partial charge in [0.15, 0.2) is 5.16 Å². The molecule has 1 N–H and O–H groups in total. The summed E-state index contributed by atoms with van der Waals surface area (Å²) in [6, 6.07) is 14.4. The highest BCUT2D eigenvalue weighted by molar-refractivity contribution is 7.99. The normalized spacial score (nSPS) is 14.2. The van der Waals surface area contributed by atoms with Crippen molar-refractivity contribution in [2.24, 2.45) is 0 Å². The topological polar surface area (TPSA) is 46.9 Å². The number of rotatable bonds is 6. The lowest BCUT2D eigenvalue weighted by atomic mass is 10.1. The van der Waals surface area contributed by atoms with Gasteiger partial charge >= 0.3 is 0 Å². The van der Waals surface area contributed by atoms with Crippen molar-refractivity contribution in [2.45, 2.75) is 50.7 Å². The number of aryl methyl sites for hydroxylation is 2. The maximum atomic E-state index is 12.5. The number of imidazole rings is 1. The number of nitrogens with one attached hydrogen (secondary N) is 1. The fourth-order valence-corrected chi connectivity index (χ4v) is 4.77. The van der Waals surface area contributed by atoms with Gasteiger partial charge in [0.2, 0.25) is 5.91 Å². The number of hydrogen-bond acceptors (Lipinski definition) is 3. The summed E-state index contributed by atoms with van der Waals surface area (Å²) in [6.45, 7) is 4.18. The molecule has 1 aromatic heterocycles. The Morgan fingerprint density at radius 2 is 1.90 bits per heavy atom. The van der Waals surface area contributed by atoms with Gasteiger partial charge in [-0.1, -0.05) is 60.5 Å². The largest absolute Gasteiger partial charge is 0.353 e. The van der Waals surface area contributed by atoms with Gasteiger partial charge in [0.05, 0.1) is 17.1 Å². The van der Waals surface area contributed by atoms with E-state index in [1.165, 1.54) is 30.2 Å². The number of halogens is 1. The van der Waals surface area contributed by atoms with Crippen LogP contribution in [0.4, 0.5) is 0 Å². The number of hydrogen-bond donors (Lipinski definition) is 1. The molecular formula is C24H26ClN3OS. The van der Waals surface area contributed by atoms with E-state index in [4.69, 9.17) is 16.6 Å². The second-order valence-corrected chi connectivity index (χ2v) is 9.29. The standard InChI is InChI=1S/C24H26ClN3OS/c1-16-7-8-17(2)22(13-16)28-14-21(18-9-11-19(25)12-10-18)27-24(28)30-15-23(29)26-20-5-3-4-6-20/h7-14,20H,3-6,15H2,1-2H3,(H,26,29). The van der Waals surface area contributed by atoms with Crippen molar-refractivity contribution < 1.29 is 4.79 Å². The Hall–Kier alpha value is -2.24. The number of benzene rings is 2. The monoisotopic (exact) mass is 439 g/mol. The van der Waals surface area contributed by atoms with Gasteiger partial charge in [0.25, 0.3) is 0 Å². The third-order valence-corrected chi connectivity index (χ3v) is 6.70. The van der Waals surface area contributed by atoms with Crippen molar-refractivity contribution in [1.29, 1.82) is 0 Å². The molecule has 2 aromatic carbocycles. The number of thioether (sulfide) groups is 1. The summed E-state index contributed by atoms with van der Waals surface area (Å²) in [5.41, 5.74) is 5.30. The van der Waals surface area contributed by atoms with Crippen molar-refractivity contribution in [1.82, 2.24) is 14.9 Å². The Labute approximate surface area is 187 Å². The molecule has 1 fully saturated rings. The second kappa shape index (κ2) is 9.27. The molecule has 0 spiro atoms. The van der Waals surface area contributed by atoms with Gasteiger partial charge in [-0.2, -0.15) is 0 Å². The third-order valence-electron chi connectivity index (χ3n) is 5.49. The van der Waals surface area contributed by atoms with Gasteiger partial charge in [0, 0.05) is 22.8 Å². The van der Waals surface area contributed by atoms with Crippen LogP contribution in [0.1, 0.15) is 36.8 Å². The predicted molar refractivity (Wildman–Crippen MR) is 125 cm³/mol. The molecule has 0 saturated heterocycles. The minimum absolute atomic E-state index is 0.0791. The molecule has 3 aromatic rings. The van der Waals surface area contributed by atoms with E-state index >= 15 is 0 Å². The van der Waals surface area contributed by atoms with Crippen LogP contribution in [-0.2, 0) is 4.79 Å². The van der Waals surface area contributed by atoms with E-state index in [0.29, 0.717) is 16.8 Å². The Kier molecular flexibility index (Phi) is 6.49. The summed E-state index contributed by atoms with van der Waals surface area (Å²) < 4.78 is 2.10. The SMILES string of the molecule is Cc1ccc(C)c(-n2cc(-c3ccc(Cl)cc3)nc2SCC(=O)NC2CCCC2)c1. The van der Waals surface area contributed by atoms with Crippen LogP contribution in [0.5, 0.6) is 0 Å². The Morgan fingerprint density at radius 3 is 2.63 bits per heavy atom. The quantitative estimate of drug-likeness (QED) is 0.482. The van der Waals surface area contributed by atoms with Crippen LogP contribution in [0, 0.1) is 13.8 Å². The van der Waals surface area contributed by atoms with Crippen molar-refractivity contribution >= 4 is 29.3 Å². The first-order chi connectivity index (χ1) is 14.5. The van der Waals surface area contributed by atoms with E-state index in [-0.39, 0.29) is 5.91 Å². The lowest BCUT2D eigenvalue weighted by molar-refractivity contribution is -0.119. The van der Waals surface area contributed by atoms with E-state index in [2.05, 4.69) is 41.9 Å². The van der Waals surface area contributed by atoms with Gasteiger partial charge in [-0.25, -0.2) is 4.98 Å². The van der Waals surface area contributed by atoms with E-state index in [9.17, 15) is 4.79 Å². The smallest absolute Gasteiger partial charge is 0.230 e. The predicted octanol–water partition coefficient (Wildman–Crippen LogP) is 5.96. The van der Waals surface area contributed by atoms with Gasteiger partial charge in [-0.05, 0) is 56.0 Å². The van der Waals surface area contributed by atoms with Gasteiger partial charge in [-0.3, -0.25) is 9.36 Å². The van der Waals surface area contributed by atoms with E-state index in [0.717, 1.165) is 40.5 Å². The van der Waals surface area contributed by atoms with Crippen LogP contribution >= 0.6 is 23.4 Å². The lowest BCUT2D eigenvalue weighted by Gasteiger charge is -2.13. The average molecular weight is 440 g/mol. The first-order valence-electron chi connectivity index (χ1n) is 10.3. The summed E-state index contributed by atoms with van der Waals surface area (Å²) in [6.07, 6.45) is 6.64. The lowest BCUT2D eigenvalue weighted by Crippen LogP contribution is -2.33. The van der Waals surface area contributed by atoms with Gasteiger partial charge in [0.1, 0.15) is 0 Å². The maximum Gasteiger partial charge on any atom is 0.230 e. The van der Waals surface area contributed by atoms with E-state index < -0.39 is 0 Å². The summed E-state index contributed by atoms with van der Waals surface area (Å²) in [5.74, 6) is 0.439. The molecule has 1 saturated carbocycles. The zero-order chi connectivity index (χ0) is 21.1. The zero-order valence-electron chi connectivity index (χ0n) is 17.3. The molecule has 1 aliphatic rings. The molecular weight excluding hydrogens is 414 g/mol. The van der Waals surface area contributed by atoms with E-state index in [1.807, 2.05) is 30.5 Å². The highest BCUT2D eigenvalue weighted by Crippen LogP contribution is 2.30. The van der Waals surface area contributed by atoms with Crippen LogP contribution < -0.4 is 5.32 Å². The molecule has 0 radical (unpaired) electrons. The van der Waals surface area contributed by atoms with Gasteiger partial charge < -0.3 is 5.32 Å². The second-order valence-electron chi connectivity index (χ2n) is 7.91. The highest BCUT2D eigenvalue weighted by Gasteiger charge is 2.19. The van der Waals surface area contributed by atoms with Crippen LogP contribution in [0.25, 0.3) is 16.9 Å². The molecule has 0 bridgehead atoms. The molecule has 1 amide bonds. The molecule has 6 heteroatoms. The molecule has 4 rings (SSSR count).